The molecule has 0 bridgehead atoms. The van der Waals surface area contributed by atoms with Gasteiger partial charge in [-0.05, 0) is 45.0 Å². The Morgan fingerprint density at radius 1 is 1.18 bits per heavy atom. The zero-order valence-corrected chi connectivity index (χ0v) is 18.1. The Balaban J connectivity index is 1.70. The normalized spacial score (nSPS) is 12.2. The first-order valence-corrected chi connectivity index (χ1v) is 9.74. The number of pyridine rings is 1. The molecule has 0 spiro atoms. The molecular weight excluding hydrogens is 459 g/mol. The minimum Gasteiger partial charge on any atom is -0.449 e. The van der Waals surface area contributed by atoms with E-state index in [1.165, 1.54) is 25.3 Å². The lowest BCUT2D eigenvalue weighted by Crippen LogP contribution is -2.30. The third-order valence-electron chi connectivity index (χ3n) is 4.64. The van der Waals surface area contributed by atoms with Crippen molar-refractivity contribution in [2.24, 2.45) is 0 Å². The third kappa shape index (κ3) is 5.36. The van der Waals surface area contributed by atoms with E-state index < -0.39 is 46.0 Å². The predicted octanol–water partition coefficient (Wildman–Crippen LogP) is 4.00. The van der Waals surface area contributed by atoms with Crippen LogP contribution in [-0.4, -0.2) is 37.7 Å². The summed E-state index contributed by atoms with van der Waals surface area (Å²) in [6.07, 6.45) is -5.22. The van der Waals surface area contributed by atoms with E-state index in [1.807, 2.05) is 25.2 Å². The van der Waals surface area contributed by atoms with E-state index in [2.05, 4.69) is 10.1 Å². The van der Waals surface area contributed by atoms with Gasteiger partial charge in [0.1, 0.15) is 0 Å². The fourth-order valence-electron chi connectivity index (χ4n) is 3.00. The highest BCUT2D eigenvalue weighted by atomic mass is 19.4. The molecule has 2 heterocycles. The minimum absolute atomic E-state index is 0.0104. The number of halogens is 3. The highest BCUT2D eigenvalue weighted by Gasteiger charge is 2.36. The Labute approximate surface area is 190 Å². The van der Waals surface area contributed by atoms with E-state index in [-0.39, 0.29) is 5.56 Å². The third-order valence-corrected chi connectivity index (χ3v) is 4.64. The topological polar surface area (TPSA) is 129 Å². The Kier molecular flexibility index (Phi) is 6.66. The van der Waals surface area contributed by atoms with Gasteiger partial charge in [0.2, 0.25) is 0 Å². The van der Waals surface area contributed by atoms with Gasteiger partial charge in [-0.1, -0.05) is 0 Å². The van der Waals surface area contributed by atoms with Crippen LogP contribution in [0.15, 0.2) is 42.6 Å². The van der Waals surface area contributed by atoms with Gasteiger partial charge in [0, 0.05) is 24.0 Å². The van der Waals surface area contributed by atoms with Gasteiger partial charge in [0.05, 0.1) is 27.4 Å². The molecule has 3 aromatic rings. The number of esters is 1. The Morgan fingerprint density at radius 2 is 1.88 bits per heavy atom. The highest BCUT2D eigenvalue weighted by Crippen LogP contribution is 2.37. The van der Waals surface area contributed by atoms with Crippen molar-refractivity contribution in [3.8, 4) is 5.82 Å². The smallest absolute Gasteiger partial charge is 0.418 e. The zero-order chi connectivity index (χ0) is 25.2. The number of amides is 1. The van der Waals surface area contributed by atoms with Crippen LogP contribution in [0.25, 0.3) is 5.82 Å². The van der Waals surface area contributed by atoms with E-state index in [4.69, 9.17) is 4.74 Å². The molecule has 0 radical (unpaired) electrons. The van der Waals surface area contributed by atoms with Crippen molar-refractivity contribution < 1.29 is 32.4 Å². The fraction of sp³-hybridized carbons (Fsp3) is 0.238. The lowest BCUT2D eigenvalue weighted by molar-refractivity contribution is -0.385. The molecular formula is C21H18F3N5O5. The van der Waals surface area contributed by atoms with E-state index in [1.54, 1.807) is 4.68 Å². The maximum Gasteiger partial charge on any atom is 0.418 e. The molecule has 3 rings (SSSR count). The number of alkyl halides is 3. The molecule has 0 saturated carbocycles. The summed E-state index contributed by atoms with van der Waals surface area (Å²) in [5, 5.41) is 17.0. The van der Waals surface area contributed by atoms with E-state index in [9.17, 15) is 32.9 Å². The quantitative estimate of drug-likeness (QED) is 0.323. The molecule has 0 fully saturated rings. The first-order valence-electron chi connectivity index (χ1n) is 9.74. The van der Waals surface area contributed by atoms with Gasteiger partial charge in [-0.15, -0.1) is 0 Å². The number of hydrogen-bond donors (Lipinski definition) is 1. The number of rotatable bonds is 6. The second kappa shape index (κ2) is 9.29. The number of aromatic nitrogens is 3. The number of nitro groups is 1. The van der Waals surface area contributed by atoms with Crippen molar-refractivity contribution in [3.63, 3.8) is 0 Å². The maximum absolute atomic E-state index is 13.3. The van der Waals surface area contributed by atoms with Crippen molar-refractivity contribution in [3.05, 3.63) is 75.2 Å². The summed E-state index contributed by atoms with van der Waals surface area (Å²) in [5.74, 6) is -1.53. The number of aryl methyl sites for hydroxylation is 2. The van der Waals surface area contributed by atoms with Gasteiger partial charge in [-0.25, -0.2) is 14.5 Å². The standard InChI is InChI=1S/C21H18F3N5O5/c1-11-8-12(2)28(27-11)18-7-4-14(10-25-18)20(31)34-13(3)19(30)26-17-6-5-15(29(32)33)9-16(17)21(22,23)24/h4-10,13H,1-3H3,(H,26,30). The number of carbonyl (C=O) groups excluding carboxylic acids is 2. The molecule has 1 N–H and O–H groups in total. The van der Waals surface area contributed by atoms with Crippen molar-refractivity contribution in [2.75, 3.05) is 5.32 Å². The van der Waals surface area contributed by atoms with Crippen LogP contribution in [0.3, 0.4) is 0 Å². The average molecular weight is 477 g/mol. The zero-order valence-electron chi connectivity index (χ0n) is 18.1. The van der Waals surface area contributed by atoms with Crippen LogP contribution in [0.2, 0.25) is 0 Å². The van der Waals surface area contributed by atoms with Crippen molar-refractivity contribution in [1.82, 2.24) is 14.8 Å². The molecule has 0 aliphatic carbocycles. The maximum atomic E-state index is 13.3. The summed E-state index contributed by atoms with van der Waals surface area (Å²) in [4.78, 5) is 38.6. The van der Waals surface area contributed by atoms with Crippen LogP contribution in [0.4, 0.5) is 24.5 Å². The monoisotopic (exact) mass is 477 g/mol. The van der Waals surface area contributed by atoms with E-state index >= 15 is 0 Å². The summed E-state index contributed by atoms with van der Waals surface area (Å²) < 4.78 is 46.5. The SMILES string of the molecule is Cc1cc(C)n(-c2ccc(C(=O)OC(C)C(=O)Nc3ccc([N+](=O)[O-])cc3C(F)(F)F)cn2)n1. The number of nitrogens with zero attached hydrogens (tertiary/aromatic N) is 4. The molecule has 2 aromatic heterocycles. The van der Waals surface area contributed by atoms with Gasteiger partial charge >= 0.3 is 12.1 Å². The molecule has 1 unspecified atom stereocenters. The number of hydrogen-bond acceptors (Lipinski definition) is 7. The van der Waals surface area contributed by atoms with Crippen molar-refractivity contribution >= 4 is 23.3 Å². The molecule has 10 nitrogen and oxygen atoms in total. The number of nitro benzene ring substituents is 1. The Hall–Kier alpha value is -4.29. The summed E-state index contributed by atoms with van der Waals surface area (Å²) in [6, 6.07) is 6.66. The van der Waals surface area contributed by atoms with E-state index in [0.29, 0.717) is 11.9 Å². The van der Waals surface area contributed by atoms with E-state index in [0.717, 1.165) is 23.5 Å². The van der Waals surface area contributed by atoms with Gasteiger partial charge in [-0.3, -0.25) is 14.9 Å². The number of ether oxygens (including phenoxy) is 1. The molecule has 0 saturated heterocycles. The average Bonchev–Trinajstić information content (AvgIpc) is 3.10. The largest absolute Gasteiger partial charge is 0.449 e. The molecule has 34 heavy (non-hydrogen) atoms. The molecule has 0 aliphatic heterocycles. The fourth-order valence-corrected chi connectivity index (χ4v) is 3.00. The second-order valence-corrected chi connectivity index (χ2v) is 7.27. The lowest BCUT2D eigenvalue weighted by atomic mass is 10.1. The first kappa shape index (κ1) is 24.4. The number of non-ortho nitro benzene ring substituents is 1. The lowest BCUT2D eigenvalue weighted by Gasteiger charge is -2.17. The van der Waals surface area contributed by atoms with Gasteiger partial charge in [0.15, 0.2) is 11.9 Å². The highest BCUT2D eigenvalue weighted by molar-refractivity contribution is 5.97. The summed E-state index contributed by atoms with van der Waals surface area (Å²) >= 11 is 0. The summed E-state index contributed by atoms with van der Waals surface area (Å²) in [6.45, 7) is 4.82. The number of benzene rings is 1. The molecule has 1 atom stereocenters. The Bertz CT molecular complexity index is 1250. The van der Waals surface area contributed by atoms with Crippen LogP contribution in [0.1, 0.15) is 34.2 Å². The van der Waals surface area contributed by atoms with Crippen molar-refractivity contribution in [2.45, 2.75) is 33.1 Å². The van der Waals surface area contributed by atoms with Crippen LogP contribution in [0, 0.1) is 24.0 Å². The minimum atomic E-state index is -4.96. The number of nitrogens with one attached hydrogen (secondary N) is 1. The molecule has 0 aliphatic rings. The van der Waals surface area contributed by atoms with Crippen molar-refractivity contribution in [1.29, 1.82) is 0 Å². The van der Waals surface area contributed by atoms with Gasteiger partial charge < -0.3 is 10.1 Å². The van der Waals surface area contributed by atoms with Crippen LogP contribution < -0.4 is 5.32 Å². The number of anilines is 1. The Morgan fingerprint density at radius 3 is 2.41 bits per heavy atom. The van der Waals surface area contributed by atoms with Gasteiger partial charge in [0.25, 0.3) is 11.6 Å². The number of carbonyl (C=O) groups is 2. The molecule has 178 valence electrons. The summed E-state index contributed by atoms with van der Waals surface area (Å²) in [5.41, 5.74) is -1.28. The van der Waals surface area contributed by atoms with Crippen LogP contribution in [-0.2, 0) is 15.7 Å². The molecule has 1 aromatic carbocycles. The first-order chi connectivity index (χ1) is 15.9. The van der Waals surface area contributed by atoms with Gasteiger partial charge in [-0.2, -0.15) is 18.3 Å². The predicted molar refractivity (Wildman–Crippen MR) is 112 cm³/mol. The summed E-state index contributed by atoms with van der Waals surface area (Å²) in [7, 11) is 0. The van der Waals surface area contributed by atoms with Crippen LogP contribution >= 0.6 is 0 Å². The second-order valence-electron chi connectivity index (χ2n) is 7.27. The molecule has 13 heteroatoms. The molecule has 1 amide bonds. The van der Waals surface area contributed by atoms with Crippen LogP contribution in [0.5, 0.6) is 0 Å².